The van der Waals surface area contributed by atoms with Gasteiger partial charge in [-0.05, 0) is 48.7 Å². The molecule has 3 rings (SSSR count). The number of hydrogen-bond donors (Lipinski definition) is 0. The number of halogens is 3. The van der Waals surface area contributed by atoms with E-state index in [1.54, 1.807) is 11.0 Å². The van der Waals surface area contributed by atoms with E-state index >= 15 is 0 Å². The van der Waals surface area contributed by atoms with Crippen molar-refractivity contribution in [2.45, 2.75) is 19.4 Å². The number of carbonyl (C=O) groups is 1. The number of carbonyl (C=O) groups excluding carboxylic acids is 1. The molecule has 0 spiro atoms. The van der Waals surface area contributed by atoms with Gasteiger partial charge in [0.15, 0.2) is 0 Å². The maximum atomic E-state index is 13.5. The van der Waals surface area contributed by atoms with Crippen molar-refractivity contribution < 1.29 is 9.18 Å². The molecular weight excluding hydrogens is 326 g/mol. The summed E-state index contributed by atoms with van der Waals surface area (Å²) in [4.78, 5) is 18.2. The summed E-state index contributed by atoms with van der Waals surface area (Å²) in [7, 11) is 0. The standard InChI is InChI=1S/C16H13Cl2FN2O/c1-9-13-8-12(19)3-2-10(13)4-5-21(9)16(22)11-6-14(17)20-15(18)7-11/h2-3,6-9H,4-5H2,1H3. The molecule has 2 heterocycles. The zero-order valence-corrected chi connectivity index (χ0v) is 13.3. The highest BCUT2D eigenvalue weighted by molar-refractivity contribution is 6.33. The van der Waals surface area contributed by atoms with Gasteiger partial charge in [-0.1, -0.05) is 29.3 Å². The first-order valence-corrected chi connectivity index (χ1v) is 7.63. The molecule has 2 aromatic rings. The number of aromatic nitrogens is 1. The van der Waals surface area contributed by atoms with Gasteiger partial charge < -0.3 is 4.90 Å². The van der Waals surface area contributed by atoms with Crippen molar-refractivity contribution in [3.8, 4) is 0 Å². The van der Waals surface area contributed by atoms with Crippen LogP contribution in [-0.2, 0) is 6.42 Å². The van der Waals surface area contributed by atoms with Crippen molar-refractivity contribution in [1.29, 1.82) is 0 Å². The summed E-state index contributed by atoms with van der Waals surface area (Å²) in [5.74, 6) is -0.483. The van der Waals surface area contributed by atoms with Crippen molar-refractivity contribution in [1.82, 2.24) is 9.88 Å². The molecule has 0 fully saturated rings. The van der Waals surface area contributed by atoms with Gasteiger partial charge in [-0.25, -0.2) is 9.37 Å². The molecule has 6 heteroatoms. The number of hydrogen-bond acceptors (Lipinski definition) is 2. The van der Waals surface area contributed by atoms with Gasteiger partial charge in [-0.15, -0.1) is 0 Å². The molecule has 0 radical (unpaired) electrons. The number of rotatable bonds is 1. The van der Waals surface area contributed by atoms with Crippen molar-refractivity contribution in [3.05, 3.63) is 63.1 Å². The topological polar surface area (TPSA) is 33.2 Å². The molecule has 0 aliphatic carbocycles. The van der Waals surface area contributed by atoms with Crippen LogP contribution in [0, 0.1) is 5.82 Å². The van der Waals surface area contributed by atoms with E-state index in [0.717, 1.165) is 11.1 Å². The lowest BCUT2D eigenvalue weighted by Gasteiger charge is -2.35. The maximum absolute atomic E-state index is 13.5. The van der Waals surface area contributed by atoms with Crippen LogP contribution in [0.25, 0.3) is 0 Å². The van der Waals surface area contributed by atoms with Gasteiger partial charge in [-0.3, -0.25) is 4.79 Å². The smallest absolute Gasteiger partial charge is 0.254 e. The Morgan fingerprint density at radius 3 is 2.64 bits per heavy atom. The maximum Gasteiger partial charge on any atom is 0.254 e. The minimum Gasteiger partial charge on any atom is -0.332 e. The summed E-state index contributed by atoms with van der Waals surface area (Å²) < 4.78 is 13.5. The van der Waals surface area contributed by atoms with E-state index in [-0.39, 0.29) is 28.1 Å². The molecule has 1 aromatic heterocycles. The minimum absolute atomic E-state index is 0.173. The Bertz CT molecular complexity index is 731. The quantitative estimate of drug-likeness (QED) is 0.727. The van der Waals surface area contributed by atoms with Gasteiger partial charge in [0.2, 0.25) is 0 Å². The summed E-state index contributed by atoms with van der Waals surface area (Å²) in [6.07, 6.45) is 0.693. The number of nitrogens with zero attached hydrogens (tertiary/aromatic N) is 2. The average Bonchev–Trinajstić information content (AvgIpc) is 2.46. The van der Waals surface area contributed by atoms with E-state index in [4.69, 9.17) is 23.2 Å². The molecule has 1 aromatic carbocycles. The van der Waals surface area contributed by atoms with Gasteiger partial charge in [-0.2, -0.15) is 0 Å². The molecule has 1 aliphatic heterocycles. The molecular formula is C16H13Cl2FN2O. The van der Waals surface area contributed by atoms with Gasteiger partial charge in [0.25, 0.3) is 5.91 Å². The summed E-state index contributed by atoms with van der Waals surface area (Å²) in [5, 5.41) is 0.346. The second kappa shape index (κ2) is 5.86. The van der Waals surface area contributed by atoms with Crippen LogP contribution in [-0.4, -0.2) is 22.3 Å². The number of amides is 1. The Morgan fingerprint density at radius 2 is 1.95 bits per heavy atom. The predicted molar refractivity (Wildman–Crippen MR) is 83.8 cm³/mol. The molecule has 114 valence electrons. The van der Waals surface area contributed by atoms with Crippen LogP contribution in [0.1, 0.15) is 34.5 Å². The molecule has 3 nitrogen and oxygen atoms in total. The lowest BCUT2D eigenvalue weighted by Crippen LogP contribution is -2.39. The molecule has 1 unspecified atom stereocenters. The monoisotopic (exact) mass is 338 g/mol. The zero-order valence-electron chi connectivity index (χ0n) is 11.8. The van der Waals surface area contributed by atoms with Crippen LogP contribution in [0.2, 0.25) is 10.3 Å². The van der Waals surface area contributed by atoms with Gasteiger partial charge in [0.1, 0.15) is 16.1 Å². The Labute approximate surface area is 137 Å². The Hall–Kier alpha value is -1.65. The molecule has 1 amide bonds. The van der Waals surface area contributed by atoms with Crippen LogP contribution in [0.4, 0.5) is 4.39 Å². The van der Waals surface area contributed by atoms with E-state index in [1.165, 1.54) is 24.3 Å². The van der Waals surface area contributed by atoms with Crippen LogP contribution in [0.15, 0.2) is 30.3 Å². The number of fused-ring (bicyclic) bond motifs is 1. The summed E-state index contributed by atoms with van der Waals surface area (Å²) in [5.41, 5.74) is 2.30. The third-order valence-corrected chi connectivity index (χ3v) is 4.31. The van der Waals surface area contributed by atoms with Crippen LogP contribution in [0.5, 0.6) is 0 Å². The number of benzene rings is 1. The normalized spacial score (nSPS) is 17.3. The van der Waals surface area contributed by atoms with Gasteiger partial charge in [0, 0.05) is 12.1 Å². The fourth-order valence-electron chi connectivity index (χ4n) is 2.82. The second-order valence-electron chi connectivity index (χ2n) is 5.27. The zero-order chi connectivity index (χ0) is 15.9. The van der Waals surface area contributed by atoms with Crippen molar-refractivity contribution >= 4 is 29.1 Å². The molecule has 0 saturated heterocycles. The summed E-state index contributed by atoms with van der Waals surface area (Å²) >= 11 is 11.7. The molecule has 0 saturated carbocycles. The first kappa shape index (κ1) is 15.3. The fourth-order valence-corrected chi connectivity index (χ4v) is 3.28. The van der Waals surface area contributed by atoms with Crippen molar-refractivity contribution in [2.75, 3.05) is 6.54 Å². The summed E-state index contributed by atoms with van der Waals surface area (Å²) in [6, 6.07) is 7.49. The van der Waals surface area contributed by atoms with Crippen LogP contribution >= 0.6 is 23.2 Å². The predicted octanol–water partition coefficient (Wildman–Crippen LogP) is 4.29. The second-order valence-corrected chi connectivity index (χ2v) is 6.04. The molecule has 0 bridgehead atoms. The number of pyridine rings is 1. The highest BCUT2D eigenvalue weighted by atomic mass is 35.5. The highest BCUT2D eigenvalue weighted by Gasteiger charge is 2.29. The Balaban J connectivity index is 1.94. The van der Waals surface area contributed by atoms with Gasteiger partial charge in [0.05, 0.1) is 6.04 Å². The van der Waals surface area contributed by atoms with E-state index in [2.05, 4.69) is 4.98 Å². The van der Waals surface area contributed by atoms with E-state index in [1.807, 2.05) is 6.92 Å². The van der Waals surface area contributed by atoms with Crippen molar-refractivity contribution in [2.24, 2.45) is 0 Å². The molecule has 1 aliphatic rings. The fraction of sp³-hybridized carbons (Fsp3) is 0.250. The SMILES string of the molecule is CC1c2cc(F)ccc2CCN1C(=O)c1cc(Cl)nc(Cl)c1. The lowest BCUT2D eigenvalue weighted by atomic mass is 9.93. The third kappa shape index (κ3) is 2.81. The van der Waals surface area contributed by atoms with E-state index in [9.17, 15) is 9.18 Å². The highest BCUT2D eigenvalue weighted by Crippen LogP contribution is 2.31. The first-order chi connectivity index (χ1) is 10.5. The summed E-state index contributed by atoms with van der Waals surface area (Å²) in [6.45, 7) is 2.45. The van der Waals surface area contributed by atoms with E-state index < -0.39 is 0 Å². The van der Waals surface area contributed by atoms with Crippen LogP contribution in [0.3, 0.4) is 0 Å². The average molecular weight is 339 g/mol. The molecule has 0 N–H and O–H groups in total. The van der Waals surface area contributed by atoms with Crippen molar-refractivity contribution in [3.63, 3.8) is 0 Å². The Kier molecular flexibility index (Phi) is 4.06. The Morgan fingerprint density at radius 1 is 1.27 bits per heavy atom. The van der Waals surface area contributed by atoms with Gasteiger partial charge >= 0.3 is 0 Å². The molecule has 1 atom stereocenters. The minimum atomic E-state index is -0.296. The largest absolute Gasteiger partial charge is 0.332 e. The molecule has 22 heavy (non-hydrogen) atoms. The third-order valence-electron chi connectivity index (χ3n) is 3.92. The van der Waals surface area contributed by atoms with E-state index in [0.29, 0.717) is 18.5 Å². The van der Waals surface area contributed by atoms with Crippen LogP contribution < -0.4 is 0 Å². The lowest BCUT2D eigenvalue weighted by molar-refractivity contribution is 0.0677. The first-order valence-electron chi connectivity index (χ1n) is 6.88.